The summed E-state index contributed by atoms with van der Waals surface area (Å²) in [5, 5.41) is 11.3. The molecule has 0 aliphatic heterocycles. The van der Waals surface area contributed by atoms with Gasteiger partial charge in [-0.15, -0.1) is 10.2 Å². The summed E-state index contributed by atoms with van der Waals surface area (Å²) in [7, 11) is 0. The molecule has 0 bridgehead atoms. The Morgan fingerprint density at radius 2 is 2.00 bits per heavy atom. The molecule has 2 aromatic rings. The van der Waals surface area contributed by atoms with Gasteiger partial charge in [0, 0.05) is 18.7 Å². The summed E-state index contributed by atoms with van der Waals surface area (Å²) in [6.07, 6.45) is 2.28. The van der Waals surface area contributed by atoms with Crippen LogP contribution in [0.4, 0.5) is 0 Å². The van der Waals surface area contributed by atoms with E-state index in [2.05, 4.69) is 22.4 Å². The standard InChI is InChI=1S/C15H21N3O2/c1-2-3-10-19-11-9-16-12-14-17-18-15(20-14)13-7-5-4-6-8-13/h4-8,16H,2-3,9-12H2,1H3. The number of hydrogen-bond acceptors (Lipinski definition) is 5. The van der Waals surface area contributed by atoms with E-state index < -0.39 is 0 Å². The molecule has 0 radical (unpaired) electrons. The van der Waals surface area contributed by atoms with Gasteiger partial charge in [-0.1, -0.05) is 31.5 Å². The molecule has 0 unspecified atom stereocenters. The molecule has 0 amide bonds. The molecule has 0 fully saturated rings. The highest BCUT2D eigenvalue weighted by Gasteiger charge is 2.07. The summed E-state index contributed by atoms with van der Waals surface area (Å²) in [4.78, 5) is 0. The van der Waals surface area contributed by atoms with E-state index in [1.165, 1.54) is 0 Å². The van der Waals surface area contributed by atoms with Gasteiger partial charge in [0.25, 0.3) is 0 Å². The molecule has 108 valence electrons. The van der Waals surface area contributed by atoms with Crippen molar-refractivity contribution in [1.29, 1.82) is 0 Å². The van der Waals surface area contributed by atoms with Crippen molar-refractivity contribution >= 4 is 0 Å². The van der Waals surface area contributed by atoms with Gasteiger partial charge in [0.1, 0.15) is 0 Å². The van der Waals surface area contributed by atoms with Gasteiger partial charge in [0.05, 0.1) is 13.2 Å². The van der Waals surface area contributed by atoms with Gasteiger partial charge < -0.3 is 14.5 Å². The number of nitrogens with one attached hydrogen (secondary N) is 1. The monoisotopic (exact) mass is 275 g/mol. The third-order valence-electron chi connectivity index (χ3n) is 2.83. The molecule has 5 nitrogen and oxygen atoms in total. The van der Waals surface area contributed by atoms with E-state index in [4.69, 9.17) is 9.15 Å². The fourth-order valence-electron chi connectivity index (χ4n) is 1.71. The summed E-state index contributed by atoms with van der Waals surface area (Å²) >= 11 is 0. The lowest BCUT2D eigenvalue weighted by Crippen LogP contribution is -2.19. The second kappa shape index (κ2) is 8.45. The Morgan fingerprint density at radius 3 is 2.80 bits per heavy atom. The second-order valence-corrected chi connectivity index (χ2v) is 4.51. The average Bonchev–Trinajstić information content (AvgIpc) is 2.96. The van der Waals surface area contributed by atoms with Gasteiger partial charge in [0.15, 0.2) is 0 Å². The van der Waals surface area contributed by atoms with E-state index in [1.54, 1.807) is 0 Å². The predicted molar refractivity (Wildman–Crippen MR) is 77.2 cm³/mol. The number of unbranched alkanes of at least 4 members (excludes halogenated alkanes) is 1. The first kappa shape index (κ1) is 14.7. The zero-order chi connectivity index (χ0) is 14.0. The minimum Gasteiger partial charge on any atom is -0.419 e. The quantitative estimate of drug-likeness (QED) is 0.713. The summed E-state index contributed by atoms with van der Waals surface area (Å²) < 4.78 is 11.0. The number of ether oxygens (including phenoxy) is 1. The van der Waals surface area contributed by atoms with Gasteiger partial charge in [-0.05, 0) is 18.6 Å². The molecule has 1 aromatic heterocycles. The first-order valence-corrected chi connectivity index (χ1v) is 7.06. The molecule has 5 heteroatoms. The zero-order valence-electron chi connectivity index (χ0n) is 11.8. The molecule has 1 N–H and O–H groups in total. The Kier molecular flexibility index (Phi) is 6.20. The van der Waals surface area contributed by atoms with Crippen LogP contribution in [-0.4, -0.2) is 30.0 Å². The SMILES string of the molecule is CCCCOCCNCc1nnc(-c2ccccc2)o1. The average molecular weight is 275 g/mol. The molecule has 20 heavy (non-hydrogen) atoms. The van der Waals surface area contributed by atoms with Gasteiger partial charge in [-0.3, -0.25) is 0 Å². The molecule has 0 aliphatic carbocycles. The molecule has 1 aromatic carbocycles. The molecule has 0 atom stereocenters. The van der Waals surface area contributed by atoms with Crippen molar-refractivity contribution in [2.45, 2.75) is 26.3 Å². The number of rotatable bonds is 9. The fraction of sp³-hybridized carbons (Fsp3) is 0.467. The summed E-state index contributed by atoms with van der Waals surface area (Å²) in [5.74, 6) is 1.15. The number of aromatic nitrogens is 2. The Bertz CT molecular complexity index is 485. The topological polar surface area (TPSA) is 60.2 Å². The van der Waals surface area contributed by atoms with Gasteiger partial charge >= 0.3 is 0 Å². The van der Waals surface area contributed by atoms with Crippen molar-refractivity contribution < 1.29 is 9.15 Å². The Morgan fingerprint density at radius 1 is 1.15 bits per heavy atom. The highest BCUT2D eigenvalue weighted by Crippen LogP contribution is 2.16. The Hall–Kier alpha value is -1.72. The minimum atomic E-state index is 0.557. The largest absolute Gasteiger partial charge is 0.419 e. The van der Waals surface area contributed by atoms with E-state index in [0.29, 0.717) is 24.9 Å². The van der Waals surface area contributed by atoms with E-state index >= 15 is 0 Å². The maximum absolute atomic E-state index is 5.59. The highest BCUT2D eigenvalue weighted by molar-refractivity contribution is 5.51. The molecule has 2 rings (SSSR count). The molecule has 0 saturated heterocycles. The Balaban J connectivity index is 1.69. The second-order valence-electron chi connectivity index (χ2n) is 4.51. The van der Waals surface area contributed by atoms with Crippen molar-refractivity contribution in [1.82, 2.24) is 15.5 Å². The van der Waals surface area contributed by atoms with Crippen molar-refractivity contribution in [2.75, 3.05) is 19.8 Å². The summed E-state index contributed by atoms with van der Waals surface area (Å²) in [6.45, 7) is 5.04. The van der Waals surface area contributed by atoms with Crippen molar-refractivity contribution in [3.63, 3.8) is 0 Å². The maximum Gasteiger partial charge on any atom is 0.247 e. The number of nitrogens with zero attached hydrogens (tertiary/aromatic N) is 2. The van der Waals surface area contributed by atoms with Gasteiger partial charge in [-0.2, -0.15) is 0 Å². The maximum atomic E-state index is 5.59. The van der Waals surface area contributed by atoms with Crippen LogP contribution in [0.1, 0.15) is 25.7 Å². The molecular weight excluding hydrogens is 254 g/mol. The van der Waals surface area contributed by atoms with E-state index in [-0.39, 0.29) is 0 Å². The highest BCUT2D eigenvalue weighted by atomic mass is 16.5. The van der Waals surface area contributed by atoms with Gasteiger partial charge in [-0.25, -0.2) is 0 Å². The molecule has 1 heterocycles. The predicted octanol–water partition coefficient (Wildman–Crippen LogP) is 2.64. The molecule has 0 spiro atoms. The minimum absolute atomic E-state index is 0.557. The summed E-state index contributed by atoms with van der Waals surface area (Å²) in [5.41, 5.74) is 0.939. The smallest absolute Gasteiger partial charge is 0.247 e. The van der Waals surface area contributed by atoms with Crippen LogP contribution >= 0.6 is 0 Å². The van der Waals surface area contributed by atoms with Gasteiger partial charge in [0.2, 0.25) is 11.8 Å². The number of hydrogen-bond donors (Lipinski definition) is 1. The van der Waals surface area contributed by atoms with E-state index in [0.717, 1.165) is 31.6 Å². The van der Waals surface area contributed by atoms with Crippen LogP contribution in [-0.2, 0) is 11.3 Å². The van der Waals surface area contributed by atoms with E-state index in [9.17, 15) is 0 Å². The van der Waals surface area contributed by atoms with Crippen LogP contribution in [0.15, 0.2) is 34.7 Å². The van der Waals surface area contributed by atoms with Crippen molar-refractivity contribution in [3.8, 4) is 11.5 Å². The third kappa shape index (κ3) is 4.75. The van der Waals surface area contributed by atoms with Crippen LogP contribution in [0.5, 0.6) is 0 Å². The van der Waals surface area contributed by atoms with Crippen LogP contribution < -0.4 is 5.32 Å². The lowest BCUT2D eigenvalue weighted by molar-refractivity contribution is 0.132. The van der Waals surface area contributed by atoms with Crippen molar-refractivity contribution in [2.24, 2.45) is 0 Å². The zero-order valence-corrected chi connectivity index (χ0v) is 11.8. The number of benzene rings is 1. The van der Waals surface area contributed by atoms with Crippen molar-refractivity contribution in [3.05, 3.63) is 36.2 Å². The van der Waals surface area contributed by atoms with Crippen LogP contribution in [0.3, 0.4) is 0 Å². The van der Waals surface area contributed by atoms with Crippen LogP contribution in [0.2, 0.25) is 0 Å². The first-order valence-electron chi connectivity index (χ1n) is 7.06. The molecule has 0 aliphatic rings. The summed E-state index contributed by atoms with van der Waals surface area (Å²) in [6, 6.07) is 9.76. The lowest BCUT2D eigenvalue weighted by Gasteiger charge is -2.03. The lowest BCUT2D eigenvalue weighted by atomic mass is 10.2. The van der Waals surface area contributed by atoms with E-state index in [1.807, 2.05) is 30.3 Å². The fourth-order valence-corrected chi connectivity index (χ4v) is 1.71. The molecular formula is C15H21N3O2. The Labute approximate surface area is 119 Å². The normalized spacial score (nSPS) is 10.8. The molecule has 0 saturated carbocycles. The van der Waals surface area contributed by atoms with Crippen LogP contribution in [0.25, 0.3) is 11.5 Å². The first-order chi connectivity index (χ1) is 9.90. The third-order valence-corrected chi connectivity index (χ3v) is 2.83. The van der Waals surface area contributed by atoms with Crippen LogP contribution in [0, 0.1) is 0 Å².